The van der Waals surface area contributed by atoms with Crippen molar-refractivity contribution in [2.75, 3.05) is 5.32 Å². The van der Waals surface area contributed by atoms with Gasteiger partial charge >= 0.3 is 0 Å². The Balaban J connectivity index is 2.04. The van der Waals surface area contributed by atoms with Crippen molar-refractivity contribution in [2.24, 2.45) is 0 Å². The summed E-state index contributed by atoms with van der Waals surface area (Å²) in [5.74, 6) is 0.176. The number of carbonyl (C=O) groups excluding carboxylic acids is 1. The van der Waals surface area contributed by atoms with Gasteiger partial charge in [0.25, 0.3) is 0 Å². The molecule has 0 bridgehead atoms. The minimum atomic E-state index is -0.792. The van der Waals surface area contributed by atoms with E-state index in [2.05, 4.69) is 10.3 Å². The van der Waals surface area contributed by atoms with Crippen LogP contribution in [0.1, 0.15) is 35.9 Å². The third-order valence-corrected chi connectivity index (χ3v) is 3.23. The number of anilines is 1. The zero-order chi connectivity index (χ0) is 15.4. The molecule has 4 nitrogen and oxygen atoms in total. The van der Waals surface area contributed by atoms with Crippen molar-refractivity contribution >= 4 is 11.6 Å². The number of halogens is 1. The van der Waals surface area contributed by atoms with Gasteiger partial charge in [-0.25, -0.2) is 9.37 Å². The van der Waals surface area contributed by atoms with Crippen LogP contribution < -0.4 is 5.32 Å². The molecule has 2 atom stereocenters. The lowest BCUT2D eigenvalue weighted by molar-refractivity contribution is 0.101. The van der Waals surface area contributed by atoms with E-state index in [9.17, 15) is 14.3 Å². The topological polar surface area (TPSA) is 62.2 Å². The van der Waals surface area contributed by atoms with Gasteiger partial charge in [0.2, 0.25) is 0 Å². The van der Waals surface area contributed by atoms with Crippen LogP contribution in [0.4, 0.5) is 10.2 Å². The molecule has 1 heterocycles. The lowest BCUT2D eigenvalue weighted by atomic mass is 10.0. The highest BCUT2D eigenvalue weighted by Crippen LogP contribution is 2.20. The van der Waals surface area contributed by atoms with E-state index < -0.39 is 6.10 Å². The summed E-state index contributed by atoms with van der Waals surface area (Å²) in [5.41, 5.74) is 1.16. The van der Waals surface area contributed by atoms with E-state index in [-0.39, 0.29) is 17.6 Å². The molecule has 0 saturated heterocycles. The van der Waals surface area contributed by atoms with Gasteiger partial charge < -0.3 is 10.4 Å². The van der Waals surface area contributed by atoms with Crippen molar-refractivity contribution in [1.29, 1.82) is 0 Å². The average Bonchev–Trinajstić information content (AvgIpc) is 2.47. The number of nitrogens with one attached hydrogen (secondary N) is 1. The Morgan fingerprint density at radius 2 is 1.90 bits per heavy atom. The standard InChI is InChI=1S/C16H17FN2O2/c1-10(16(21)12-3-6-14(17)7-4-12)19-15-8-5-13(9-18-15)11(2)20/h3-10,16,21H,1-2H3,(H,18,19)/t10-,16+/m1/s1. The number of pyridine rings is 1. The van der Waals surface area contributed by atoms with Gasteiger partial charge in [-0.3, -0.25) is 4.79 Å². The molecule has 2 N–H and O–H groups in total. The van der Waals surface area contributed by atoms with E-state index in [1.807, 2.05) is 0 Å². The number of Topliss-reactive ketones (excluding diaryl/α,β-unsaturated/α-hetero) is 1. The molecule has 0 unspecified atom stereocenters. The Hall–Kier alpha value is -2.27. The number of hydrogen-bond acceptors (Lipinski definition) is 4. The molecule has 2 aromatic rings. The average molecular weight is 288 g/mol. The summed E-state index contributed by atoms with van der Waals surface area (Å²) >= 11 is 0. The first-order valence-electron chi connectivity index (χ1n) is 6.64. The van der Waals surface area contributed by atoms with Crippen molar-refractivity contribution < 1.29 is 14.3 Å². The second-order valence-electron chi connectivity index (χ2n) is 4.92. The fourth-order valence-corrected chi connectivity index (χ4v) is 1.95. The maximum Gasteiger partial charge on any atom is 0.161 e. The maximum atomic E-state index is 12.9. The molecule has 0 radical (unpaired) electrons. The summed E-state index contributed by atoms with van der Waals surface area (Å²) in [4.78, 5) is 15.3. The molecule has 110 valence electrons. The van der Waals surface area contributed by atoms with Gasteiger partial charge in [0.1, 0.15) is 11.6 Å². The van der Waals surface area contributed by atoms with E-state index >= 15 is 0 Å². The lowest BCUT2D eigenvalue weighted by Crippen LogP contribution is -2.24. The second kappa shape index (κ2) is 6.45. The fraction of sp³-hybridized carbons (Fsp3) is 0.250. The zero-order valence-corrected chi connectivity index (χ0v) is 11.9. The molecule has 0 spiro atoms. The molecule has 0 aliphatic rings. The minimum absolute atomic E-state index is 0.0477. The van der Waals surface area contributed by atoms with Crippen LogP contribution >= 0.6 is 0 Å². The van der Waals surface area contributed by atoms with Gasteiger partial charge in [-0.15, -0.1) is 0 Å². The number of benzene rings is 1. The first-order chi connectivity index (χ1) is 9.97. The first kappa shape index (κ1) is 15.1. The summed E-state index contributed by atoms with van der Waals surface area (Å²) in [7, 11) is 0. The first-order valence-corrected chi connectivity index (χ1v) is 6.64. The Labute approximate surface area is 122 Å². The van der Waals surface area contributed by atoms with E-state index in [1.165, 1.54) is 25.3 Å². The van der Waals surface area contributed by atoms with Gasteiger partial charge in [-0.2, -0.15) is 0 Å². The Morgan fingerprint density at radius 3 is 2.43 bits per heavy atom. The molecular weight excluding hydrogens is 271 g/mol. The van der Waals surface area contributed by atoms with Crippen LogP contribution in [-0.4, -0.2) is 21.9 Å². The highest BCUT2D eigenvalue weighted by atomic mass is 19.1. The highest BCUT2D eigenvalue weighted by molar-refractivity contribution is 5.93. The van der Waals surface area contributed by atoms with Crippen LogP contribution in [0.25, 0.3) is 0 Å². The summed E-state index contributed by atoms with van der Waals surface area (Å²) in [6, 6.07) is 8.76. The monoisotopic (exact) mass is 288 g/mol. The predicted molar refractivity (Wildman–Crippen MR) is 78.7 cm³/mol. The molecule has 1 aromatic carbocycles. The summed E-state index contributed by atoms with van der Waals surface area (Å²) in [6.45, 7) is 3.28. The molecular formula is C16H17FN2O2. The fourth-order valence-electron chi connectivity index (χ4n) is 1.95. The van der Waals surface area contributed by atoms with Crippen LogP contribution in [0.2, 0.25) is 0 Å². The van der Waals surface area contributed by atoms with Crippen LogP contribution in [0.3, 0.4) is 0 Å². The molecule has 2 rings (SSSR count). The van der Waals surface area contributed by atoms with Crippen molar-refractivity contribution in [2.45, 2.75) is 26.0 Å². The maximum absolute atomic E-state index is 12.9. The zero-order valence-electron chi connectivity index (χ0n) is 11.9. The van der Waals surface area contributed by atoms with Crippen LogP contribution in [0.15, 0.2) is 42.6 Å². The molecule has 5 heteroatoms. The van der Waals surface area contributed by atoms with Gasteiger partial charge in [-0.1, -0.05) is 12.1 Å². The normalized spacial score (nSPS) is 13.5. The van der Waals surface area contributed by atoms with Crippen molar-refractivity contribution in [3.8, 4) is 0 Å². The SMILES string of the molecule is CC(=O)c1ccc(N[C@H](C)[C@H](O)c2ccc(F)cc2)nc1. The quantitative estimate of drug-likeness (QED) is 0.830. The van der Waals surface area contributed by atoms with E-state index in [1.54, 1.807) is 31.2 Å². The molecule has 21 heavy (non-hydrogen) atoms. The molecule has 0 fully saturated rings. The molecule has 0 aliphatic heterocycles. The Morgan fingerprint density at radius 1 is 1.24 bits per heavy atom. The largest absolute Gasteiger partial charge is 0.386 e. The molecule has 0 amide bonds. The summed E-state index contributed by atoms with van der Waals surface area (Å²) in [5, 5.41) is 13.3. The Kier molecular flexibility index (Phi) is 4.65. The van der Waals surface area contributed by atoms with Crippen molar-refractivity contribution in [3.05, 3.63) is 59.5 Å². The van der Waals surface area contributed by atoms with Gasteiger partial charge in [-0.05, 0) is 43.7 Å². The number of aliphatic hydroxyl groups excluding tert-OH is 1. The summed E-state index contributed by atoms with van der Waals surface area (Å²) < 4.78 is 12.9. The van der Waals surface area contributed by atoms with Gasteiger partial charge in [0.15, 0.2) is 5.78 Å². The van der Waals surface area contributed by atoms with Crippen LogP contribution in [0.5, 0.6) is 0 Å². The number of hydrogen-bond donors (Lipinski definition) is 2. The number of aromatic nitrogens is 1. The molecule has 0 aliphatic carbocycles. The van der Waals surface area contributed by atoms with Crippen LogP contribution in [0, 0.1) is 5.82 Å². The van der Waals surface area contributed by atoms with Gasteiger partial charge in [0.05, 0.1) is 12.1 Å². The van der Waals surface area contributed by atoms with Crippen molar-refractivity contribution in [1.82, 2.24) is 4.98 Å². The van der Waals surface area contributed by atoms with Crippen molar-refractivity contribution in [3.63, 3.8) is 0 Å². The summed E-state index contributed by atoms with van der Waals surface area (Å²) in [6.07, 6.45) is 0.696. The highest BCUT2D eigenvalue weighted by Gasteiger charge is 2.16. The number of carbonyl (C=O) groups is 1. The van der Waals surface area contributed by atoms with E-state index in [0.29, 0.717) is 16.9 Å². The number of rotatable bonds is 5. The van der Waals surface area contributed by atoms with Gasteiger partial charge in [0, 0.05) is 11.8 Å². The third-order valence-electron chi connectivity index (χ3n) is 3.23. The Bertz CT molecular complexity index is 611. The number of ketones is 1. The lowest BCUT2D eigenvalue weighted by Gasteiger charge is -2.21. The number of aliphatic hydroxyl groups is 1. The third kappa shape index (κ3) is 3.86. The van der Waals surface area contributed by atoms with E-state index in [4.69, 9.17) is 0 Å². The molecule has 0 saturated carbocycles. The van der Waals surface area contributed by atoms with E-state index in [0.717, 1.165) is 0 Å². The number of nitrogens with zero attached hydrogens (tertiary/aromatic N) is 1. The minimum Gasteiger partial charge on any atom is -0.386 e. The predicted octanol–water partition coefficient (Wildman–Crippen LogP) is 2.96. The second-order valence-corrected chi connectivity index (χ2v) is 4.92. The molecule has 1 aromatic heterocycles. The smallest absolute Gasteiger partial charge is 0.161 e. The van der Waals surface area contributed by atoms with Crippen LogP contribution in [-0.2, 0) is 0 Å².